The van der Waals surface area contributed by atoms with E-state index in [4.69, 9.17) is 14.8 Å². The molecule has 6 rings (SSSR count). The summed E-state index contributed by atoms with van der Waals surface area (Å²) >= 11 is 0. The molecule has 0 atom stereocenters. The van der Waals surface area contributed by atoms with Gasteiger partial charge in [0.1, 0.15) is 5.82 Å². The van der Waals surface area contributed by atoms with Crippen molar-refractivity contribution in [3.63, 3.8) is 0 Å². The molecule has 242 valence electrons. The van der Waals surface area contributed by atoms with Crippen molar-refractivity contribution in [3.8, 4) is 22.5 Å². The number of aromatic nitrogens is 8. The van der Waals surface area contributed by atoms with Crippen molar-refractivity contribution in [2.24, 2.45) is 0 Å². The van der Waals surface area contributed by atoms with Crippen LogP contribution in [0.2, 0.25) is 0 Å². The van der Waals surface area contributed by atoms with Crippen molar-refractivity contribution >= 4 is 5.78 Å². The number of aromatic amines is 1. The molecule has 1 aliphatic carbocycles. The molecule has 46 heavy (non-hydrogen) atoms. The van der Waals surface area contributed by atoms with Crippen LogP contribution in [0, 0.1) is 6.92 Å². The highest BCUT2D eigenvalue weighted by molar-refractivity contribution is 5.80. The van der Waals surface area contributed by atoms with E-state index in [1.807, 2.05) is 48.1 Å². The molecular formula is C35H44N8O3. The third-order valence-electron chi connectivity index (χ3n) is 9.57. The van der Waals surface area contributed by atoms with Crippen molar-refractivity contribution in [1.29, 1.82) is 0 Å². The number of hydrogen-bond donors (Lipinski definition) is 2. The second-order valence-corrected chi connectivity index (χ2v) is 12.6. The third-order valence-corrected chi connectivity index (χ3v) is 9.57. The van der Waals surface area contributed by atoms with Crippen LogP contribution >= 0.6 is 0 Å². The average Bonchev–Trinajstić information content (AvgIpc) is 3.76. The Kier molecular flexibility index (Phi) is 9.42. The van der Waals surface area contributed by atoms with E-state index in [1.165, 1.54) is 0 Å². The van der Waals surface area contributed by atoms with E-state index in [-0.39, 0.29) is 17.7 Å². The van der Waals surface area contributed by atoms with Gasteiger partial charge in [0.25, 0.3) is 5.56 Å². The Morgan fingerprint density at radius 1 is 1.00 bits per heavy atom. The van der Waals surface area contributed by atoms with Crippen LogP contribution in [0.15, 0.2) is 53.3 Å². The number of tetrazole rings is 1. The van der Waals surface area contributed by atoms with Gasteiger partial charge in [0.2, 0.25) is 5.78 Å². The molecule has 1 aliphatic rings. The summed E-state index contributed by atoms with van der Waals surface area (Å²) in [7, 11) is 0. The van der Waals surface area contributed by atoms with E-state index in [2.05, 4.69) is 57.9 Å². The molecular weight excluding hydrogens is 580 g/mol. The van der Waals surface area contributed by atoms with Gasteiger partial charge in [-0.1, -0.05) is 75.7 Å². The maximum atomic E-state index is 14.5. The number of nitrogens with zero attached hydrogens (tertiary/aromatic N) is 7. The maximum Gasteiger partial charge on any atom is 0.259 e. The predicted molar refractivity (Wildman–Crippen MR) is 177 cm³/mol. The fourth-order valence-corrected chi connectivity index (χ4v) is 6.65. The summed E-state index contributed by atoms with van der Waals surface area (Å²) in [5, 5.41) is 29.9. The first-order chi connectivity index (χ1) is 22.3. The number of rotatable bonds is 12. The maximum absolute atomic E-state index is 14.5. The van der Waals surface area contributed by atoms with Gasteiger partial charge in [-0.2, -0.15) is 10.1 Å². The Bertz CT molecular complexity index is 1820. The van der Waals surface area contributed by atoms with Crippen LogP contribution in [0.4, 0.5) is 0 Å². The summed E-state index contributed by atoms with van der Waals surface area (Å²) in [6.45, 7) is 8.35. The number of nitrogens with one attached hydrogen (secondary N) is 1. The molecule has 2 aromatic carbocycles. The standard InChI is InChI=1S/C35H44N8O3/c1-5-10-31-30(21-24-13-15-25(16-14-24)28-11-8-9-12-29(28)32-37-40-41-38-32)33(44)42(34-36-23(4)39-43(31)34)26-17-19-27(20-18-26)46-22-35(45,6-2)7-3/h8-9,11-16,26-27,45H,5-7,10,17-22H2,1-4H3,(H,37,38,40,41)/t26-,27-. The molecule has 3 aromatic heterocycles. The first-order valence-corrected chi connectivity index (χ1v) is 16.6. The van der Waals surface area contributed by atoms with Crippen LogP contribution in [0.1, 0.15) is 94.4 Å². The lowest BCUT2D eigenvalue weighted by atomic mass is 9.91. The Balaban J connectivity index is 1.29. The molecule has 11 nitrogen and oxygen atoms in total. The normalized spacial score (nSPS) is 17.2. The lowest BCUT2D eigenvalue weighted by molar-refractivity contribution is -0.0865. The SMILES string of the molecule is CCCc1c(Cc2ccc(-c3ccccc3-c3nnn[nH]3)cc2)c(=O)n([C@H]2CC[C@H](OCC(O)(CC)CC)CC2)c2nc(C)nn12. The topological polar surface area (TPSA) is 136 Å². The summed E-state index contributed by atoms with van der Waals surface area (Å²) in [6, 6.07) is 16.4. The molecule has 0 bridgehead atoms. The van der Waals surface area contributed by atoms with Crippen molar-refractivity contribution in [2.45, 2.75) is 103 Å². The molecule has 0 radical (unpaired) electrons. The van der Waals surface area contributed by atoms with E-state index >= 15 is 0 Å². The van der Waals surface area contributed by atoms with Crippen molar-refractivity contribution < 1.29 is 9.84 Å². The molecule has 0 aliphatic heterocycles. The number of ether oxygens (including phenoxy) is 1. The quantitative estimate of drug-likeness (QED) is 0.182. The number of fused-ring (bicyclic) bond motifs is 1. The number of aryl methyl sites for hydroxylation is 2. The van der Waals surface area contributed by atoms with Gasteiger partial charge in [-0.25, -0.2) is 9.61 Å². The second-order valence-electron chi connectivity index (χ2n) is 12.6. The van der Waals surface area contributed by atoms with Gasteiger partial charge in [-0.3, -0.25) is 9.36 Å². The van der Waals surface area contributed by atoms with E-state index in [1.54, 1.807) is 0 Å². The van der Waals surface area contributed by atoms with Gasteiger partial charge >= 0.3 is 0 Å². The number of aliphatic hydroxyl groups is 1. The van der Waals surface area contributed by atoms with E-state index in [9.17, 15) is 9.90 Å². The van der Waals surface area contributed by atoms with E-state index in [0.29, 0.717) is 43.3 Å². The smallest absolute Gasteiger partial charge is 0.259 e. The minimum Gasteiger partial charge on any atom is -0.388 e. The lowest BCUT2D eigenvalue weighted by Gasteiger charge is -2.33. The highest BCUT2D eigenvalue weighted by atomic mass is 16.5. The van der Waals surface area contributed by atoms with Crippen molar-refractivity contribution in [3.05, 3.63) is 81.5 Å². The van der Waals surface area contributed by atoms with Crippen LogP contribution < -0.4 is 5.56 Å². The number of hydrogen-bond acceptors (Lipinski definition) is 8. The Labute approximate surface area is 269 Å². The van der Waals surface area contributed by atoms with Crippen LogP contribution in [0.3, 0.4) is 0 Å². The van der Waals surface area contributed by atoms with Crippen LogP contribution in [-0.2, 0) is 17.6 Å². The number of H-pyrrole nitrogens is 1. The molecule has 0 saturated heterocycles. The molecule has 0 spiro atoms. The van der Waals surface area contributed by atoms with Crippen molar-refractivity contribution in [2.75, 3.05) is 6.61 Å². The fourth-order valence-electron chi connectivity index (χ4n) is 6.65. The first-order valence-electron chi connectivity index (χ1n) is 16.6. The van der Waals surface area contributed by atoms with Gasteiger partial charge < -0.3 is 9.84 Å². The van der Waals surface area contributed by atoms with Gasteiger partial charge in [-0.15, -0.1) is 5.10 Å². The average molecular weight is 625 g/mol. The van der Waals surface area contributed by atoms with Crippen LogP contribution in [0.5, 0.6) is 0 Å². The number of benzene rings is 2. The summed E-state index contributed by atoms with van der Waals surface area (Å²) in [5.74, 6) is 1.90. The zero-order chi connectivity index (χ0) is 32.3. The van der Waals surface area contributed by atoms with Crippen LogP contribution in [-0.4, -0.2) is 63.2 Å². The highest BCUT2D eigenvalue weighted by Crippen LogP contribution is 2.33. The van der Waals surface area contributed by atoms with Gasteiger partial charge in [-0.05, 0) is 79.0 Å². The minimum absolute atomic E-state index is 0.00793. The van der Waals surface area contributed by atoms with Crippen molar-refractivity contribution in [1.82, 2.24) is 39.8 Å². The third kappa shape index (κ3) is 6.39. The molecule has 5 aromatic rings. The molecule has 0 amide bonds. The molecule has 3 heterocycles. The highest BCUT2D eigenvalue weighted by Gasteiger charge is 2.30. The predicted octanol–water partition coefficient (Wildman–Crippen LogP) is 5.64. The van der Waals surface area contributed by atoms with Gasteiger partial charge in [0.15, 0.2) is 5.82 Å². The minimum atomic E-state index is -0.779. The summed E-state index contributed by atoms with van der Waals surface area (Å²) in [5.41, 5.74) is 4.99. The van der Waals surface area contributed by atoms with Gasteiger partial charge in [0.05, 0.1) is 24.0 Å². The van der Waals surface area contributed by atoms with E-state index < -0.39 is 5.60 Å². The largest absolute Gasteiger partial charge is 0.388 e. The Hall–Kier alpha value is -4.22. The molecule has 1 saturated carbocycles. The Morgan fingerprint density at radius 3 is 2.37 bits per heavy atom. The summed E-state index contributed by atoms with van der Waals surface area (Å²) < 4.78 is 9.99. The zero-order valence-corrected chi connectivity index (χ0v) is 27.2. The first kappa shape index (κ1) is 31.7. The summed E-state index contributed by atoms with van der Waals surface area (Å²) in [6.07, 6.45) is 6.83. The molecule has 1 fully saturated rings. The van der Waals surface area contributed by atoms with E-state index in [0.717, 1.165) is 72.0 Å². The molecule has 2 N–H and O–H groups in total. The lowest BCUT2D eigenvalue weighted by Crippen LogP contribution is -2.37. The molecule has 11 heteroatoms. The van der Waals surface area contributed by atoms with Gasteiger partial charge in [0, 0.05) is 23.6 Å². The molecule has 0 unspecified atom stereocenters. The Morgan fingerprint density at radius 2 is 1.72 bits per heavy atom. The fraction of sp³-hybridized carbons (Fsp3) is 0.486. The van der Waals surface area contributed by atoms with Crippen LogP contribution in [0.25, 0.3) is 28.3 Å². The monoisotopic (exact) mass is 624 g/mol. The summed E-state index contributed by atoms with van der Waals surface area (Å²) in [4.78, 5) is 19.2. The zero-order valence-electron chi connectivity index (χ0n) is 27.2. The second kappa shape index (κ2) is 13.6.